The van der Waals surface area contributed by atoms with Crippen LogP contribution in [0.25, 0.3) is 6.08 Å². The number of hydrogen-bond donors (Lipinski definition) is 0. The predicted octanol–water partition coefficient (Wildman–Crippen LogP) is 3.42. The predicted molar refractivity (Wildman–Crippen MR) is 77.1 cm³/mol. The van der Waals surface area contributed by atoms with Gasteiger partial charge in [-0.25, -0.2) is 4.68 Å². The van der Waals surface area contributed by atoms with Crippen molar-refractivity contribution in [3.63, 3.8) is 0 Å². The summed E-state index contributed by atoms with van der Waals surface area (Å²) < 4.78 is 6.86. The molecular formula is C16H20N2O2. The molecule has 0 aromatic carbocycles. The summed E-state index contributed by atoms with van der Waals surface area (Å²) in [5.41, 5.74) is 0.793. The van der Waals surface area contributed by atoms with E-state index < -0.39 is 0 Å². The van der Waals surface area contributed by atoms with Gasteiger partial charge in [-0.3, -0.25) is 4.79 Å². The van der Waals surface area contributed by atoms with Crippen LogP contribution in [-0.4, -0.2) is 22.3 Å². The van der Waals surface area contributed by atoms with Crippen LogP contribution in [0.15, 0.2) is 30.2 Å². The van der Waals surface area contributed by atoms with E-state index in [0.717, 1.165) is 24.5 Å². The number of ether oxygens (including phenoxy) is 1. The number of hydrogen-bond acceptors (Lipinski definition) is 3. The molecule has 2 aliphatic rings. The normalized spacial score (nSPS) is 19.5. The van der Waals surface area contributed by atoms with Crippen molar-refractivity contribution in [2.24, 2.45) is 5.92 Å². The van der Waals surface area contributed by atoms with E-state index in [1.165, 1.54) is 30.4 Å². The highest BCUT2D eigenvalue weighted by atomic mass is 16.5. The summed E-state index contributed by atoms with van der Waals surface area (Å²) in [5.74, 6) is 1.55. The molecule has 1 aromatic heterocycles. The van der Waals surface area contributed by atoms with E-state index in [-0.39, 0.29) is 5.91 Å². The number of nitrogens with zero attached hydrogens (tertiary/aromatic N) is 2. The molecule has 0 bridgehead atoms. The molecular weight excluding hydrogens is 252 g/mol. The van der Waals surface area contributed by atoms with Crippen molar-refractivity contribution in [3.8, 4) is 0 Å². The fourth-order valence-electron chi connectivity index (χ4n) is 2.84. The van der Waals surface area contributed by atoms with Gasteiger partial charge in [0.25, 0.3) is 0 Å². The zero-order chi connectivity index (χ0) is 13.8. The highest BCUT2D eigenvalue weighted by Gasteiger charge is 2.19. The molecule has 0 saturated heterocycles. The monoisotopic (exact) mass is 272 g/mol. The van der Waals surface area contributed by atoms with Gasteiger partial charge in [0.05, 0.1) is 12.3 Å². The number of carbonyl (C=O) groups is 1. The summed E-state index contributed by atoms with van der Waals surface area (Å²) in [6, 6.07) is 1.86. The fourth-order valence-corrected chi connectivity index (χ4v) is 2.84. The molecule has 2 heterocycles. The second kappa shape index (κ2) is 6.07. The van der Waals surface area contributed by atoms with E-state index in [4.69, 9.17) is 4.74 Å². The van der Waals surface area contributed by atoms with E-state index in [9.17, 15) is 4.79 Å². The van der Waals surface area contributed by atoms with Gasteiger partial charge >= 0.3 is 0 Å². The smallest absolute Gasteiger partial charge is 0.247 e. The topological polar surface area (TPSA) is 44.1 Å². The lowest BCUT2D eigenvalue weighted by molar-refractivity contribution is 0.0864. The number of aromatic nitrogens is 2. The van der Waals surface area contributed by atoms with Gasteiger partial charge in [0, 0.05) is 19.0 Å². The zero-order valence-electron chi connectivity index (χ0n) is 11.6. The van der Waals surface area contributed by atoms with Gasteiger partial charge in [0.2, 0.25) is 5.91 Å². The number of allylic oxidation sites excluding steroid dienone is 1. The minimum atomic E-state index is 0.105. The Hall–Kier alpha value is -1.84. The van der Waals surface area contributed by atoms with E-state index in [2.05, 4.69) is 11.2 Å². The van der Waals surface area contributed by atoms with E-state index in [1.54, 1.807) is 6.20 Å². The Morgan fingerprint density at radius 3 is 3.00 bits per heavy atom. The molecule has 1 aromatic rings. The first-order valence-corrected chi connectivity index (χ1v) is 7.41. The van der Waals surface area contributed by atoms with Gasteiger partial charge in [0.1, 0.15) is 5.76 Å². The van der Waals surface area contributed by atoms with Crippen LogP contribution < -0.4 is 0 Å². The van der Waals surface area contributed by atoms with Gasteiger partial charge in [-0.05, 0) is 43.1 Å². The van der Waals surface area contributed by atoms with Gasteiger partial charge in [0.15, 0.2) is 0 Å². The summed E-state index contributed by atoms with van der Waals surface area (Å²) in [5, 5.41) is 4.31. The van der Waals surface area contributed by atoms with Crippen LogP contribution in [0, 0.1) is 5.92 Å². The van der Waals surface area contributed by atoms with Crippen molar-refractivity contribution >= 4 is 12.0 Å². The Kier molecular flexibility index (Phi) is 4.00. The summed E-state index contributed by atoms with van der Waals surface area (Å²) in [7, 11) is 0. The van der Waals surface area contributed by atoms with Gasteiger partial charge in [-0.15, -0.1) is 0 Å². The lowest BCUT2D eigenvalue weighted by Crippen LogP contribution is -2.14. The minimum absolute atomic E-state index is 0.105. The molecule has 0 spiro atoms. The molecule has 0 atom stereocenters. The molecule has 0 amide bonds. The van der Waals surface area contributed by atoms with Crippen LogP contribution >= 0.6 is 0 Å². The second-order valence-electron chi connectivity index (χ2n) is 5.51. The molecule has 4 heteroatoms. The van der Waals surface area contributed by atoms with Gasteiger partial charge in [-0.2, -0.15) is 5.10 Å². The fraction of sp³-hybridized carbons (Fsp3) is 0.500. The third kappa shape index (κ3) is 3.18. The quantitative estimate of drug-likeness (QED) is 0.843. The average molecular weight is 272 g/mol. The first-order valence-electron chi connectivity index (χ1n) is 7.41. The van der Waals surface area contributed by atoms with Crippen molar-refractivity contribution in [2.45, 2.75) is 38.5 Å². The second-order valence-corrected chi connectivity index (χ2v) is 5.51. The molecule has 1 aliphatic heterocycles. The highest BCUT2D eigenvalue weighted by Crippen LogP contribution is 2.27. The van der Waals surface area contributed by atoms with Crippen molar-refractivity contribution in [3.05, 3.63) is 35.9 Å². The Morgan fingerprint density at radius 1 is 1.40 bits per heavy atom. The standard InChI is InChI=1S/C16H20N2O2/c19-16(12-13-4-1-2-5-13)18-10-9-14(17-18)7-8-15-6-3-11-20-15/h6-10,13H,1-5,11-12H2/b8-7+. The Morgan fingerprint density at radius 2 is 2.25 bits per heavy atom. The molecule has 4 nitrogen and oxygen atoms in total. The minimum Gasteiger partial charge on any atom is -0.494 e. The van der Waals surface area contributed by atoms with E-state index >= 15 is 0 Å². The van der Waals surface area contributed by atoms with Crippen molar-refractivity contribution in [2.75, 3.05) is 6.61 Å². The van der Waals surface area contributed by atoms with Gasteiger partial charge in [-0.1, -0.05) is 12.8 Å². The highest BCUT2D eigenvalue weighted by molar-refractivity contribution is 5.78. The van der Waals surface area contributed by atoms with Crippen molar-refractivity contribution in [1.82, 2.24) is 9.78 Å². The van der Waals surface area contributed by atoms with E-state index in [0.29, 0.717) is 12.3 Å². The van der Waals surface area contributed by atoms with Crippen LogP contribution in [0.2, 0.25) is 0 Å². The molecule has 1 saturated carbocycles. The number of rotatable bonds is 4. The molecule has 1 fully saturated rings. The first-order chi connectivity index (χ1) is 9.81. The average Bonchev–Trinajstić information content (AvgIpc) is 3.19. The lowest BCUT2D eigenvalue weighted by atomic mass is 10.0. The Labute approximate surface area is 119 Å². The summed E-state index contributed by atoms with van der Waals surface area (Å²) in [6.07, 6.45) is 14.1. The van der Waals surface area contributed by atoms with Crippen LogP contribution in [-0.2, 0) is 4.74 Å². The van der Waals surface area contributed by atoms with E-state index in [1.807, 2.05) is 18.2 Å². The summed E-state index contributed by atoms with van der Waals surface area (Å²) >= 11 is 0. The number of carbonyl (C=O) groups excluding carboxylic acids is 1. The molecule has 0 N–H and O–H groups in total. The Bertz CT molecular complexity index is 536. The molecule has 20 heavy (non-hydrogen) atoms. The molecule has 1 aliphatic carbocycles. The third-order valence-electron chi connectivity index (χ3n) is 3.95. The molecule has 0 unspecified atom stereocenters. The summed E-state index contributed by atoms with van der Waals surface area (Å²) in [6.45, 7) is 0.758. The zero-order valence-corrected chi connectivity index (χ0v) is 11.6. The van der Waals surface area contributed by atoms with Crippen LogP contribution in [0.5, 0.6) is 0 Å². The first kappa shape index (κ1) is 13.2. The van der Waals surface area contributed by atoms with Gasteiger partial charge < -0.3 is 4.74 Å². The van der Waals surface area contributed by atoms with Crippen LogP contribution in [0.3, 0.4) is 0 Å². The van der Waals surface area contributed by atoms with Crippen LogP contribution in [0.4, 0.5) is 0 Å². The molecule has 106 valence electrons. The van der Waals surface area contributed by atoms with Crippen molar-refractivity contribution in [1.29, 1.82) is 0 Å². The third-order valence-corrected chi connectivity index (χ3v) is 3.95. The molecule has 3 rings (SSSR count). The largest absolute Gasteiger partial charge is 0.494 e. The van der Waals surface area contributed by atoms with Crippen LogP contribution in [0.1, 0.15) is 49.0 Å². The SMILES string of the molecule is O=C(CC1CCCC1)n1ccc(/C=C/C2=CCCO2)n1. The lowest BCUT2D eigenvalue weighted by Gasteiger charge is -2.06. The summed E-state index contributed by atoms with van der Waals surface area (Å²) in [4.78, 5) is 12.1. The Balaban J connectivity index is 1.59. The van der Waals surface area contributed by atoms with Crippen molar-refractivity contribution < 1.29 is 9.53 Å². The maximum atomic E-state index is 12.1. The maximum absolute atomic E-state index is 12.1. The molecule has 0 radical (unpaired) electrons. The maximum Gasteiger partial charge on any atom is 0.247 e.